The van der Waals surface area contributed by atoms with Gasteiger partial charge in [-0.05, 0) is 72.8 Å². The summed E-state index contributed by atoms with van der Waals surface area (Å²) in [4.78, 5) is 13.3. The summed E-state index contributed by atoms with van der Waals surface area (Å²) in [6.45, 7) is 6.21. The third kappa shape index (κ3) is 4.62. The Morgan fingerprint density at radius 2 is 1.91 bits per heavy atom. The van der Waals surface area contributed by atoms with Crippen LogP contribution >= 0.6 is 0 Å². The molecular weight excluding hydrogens is 441 g/mol. The molecule has 1 unspecified atom stereocenters. The van der Waals surface area contributed by atoms with Gasteiger partial charge in [-0.25, -0.2) is 4.39 Å². The molecule has 3 aromatic rings. The Kier molecular flexibility index (Phi) is 5.65. The van der Waals surface area contributed by atoms with Crippen molar-refractivity contribution >= 4 is 28.2 Å². The van der Waals surface area contributed by atoms with E-state index in [1.165, 1.54) is 12.1 Å². The summed E-state index contributed by atoms with van der Waals surface area (Å²) in [5.74, 6) is -0.266. The van der Waals surface area contributed by atoms with Gasteiger partial charge in [0.1, 0.15) is 22.8 Å². The lowest BCUT2D eigenvalue weighted by molar-refractivity contribution is 0.0956. The minimum atomic E-state index is -1.87. The largest absolute Gasteiger partial charge is 0.588 e. The standard InChI is InChI=1S/C26H28FNO4S/c1-26(2,3)17-9-10-21(31-18-5-4-6-18)24(13-17)33(30)28-25(29)23-14-19-20(27)11-16(15-7-8-15)12-22(19)32-23/h9-15,18H,4-8H2,1-3H3,(H,28,29). The van der Waals surface area contributed by atoms with E-state index in [1.54, 1.807) is 6.07 Å². The predicted molar refractivity (Wildman–Crippen MR) is 125 cm³/mol. The van der Waals surface area contributed by atoms with Crippen molar-refractivity contribution in [1.82, 2.24) is 4.72 Å². The Bertz CT molecular complexity index is 1210. The van der Waals surface area contributed by atoms with Gasteiger partial charge in [-0.1, -0.05) is 26.8 Å². The van der Waals surface area contributed by atoms with Gasteiger partial charge < -0.3 is 13.7 Å². The molecular formula is C26H28FNO4S. The number of fused-ring (bicyclic) bond motifs is 1. The van der Waals surface area contributed by atoms with Crippen LogP contribution in [-0.2, 0) is 16.8 Å². The highest BCUT2D eigenvalue weighted by molar-refractivity contribution is 7.90. The molecule has 0 spiro atoms. The molecule has 5 rings (SSSR count). The Morgan fingerprint density at radius 1 is 1.15 bits per heavy atom. The second-order valence-electron chi connectivity index (χ2n) is 10.1. The van der Waals surface area contributed by atoms with Gasteiger partial charge in [-0.15, -0.1) is 0 Å². The van der Waals surface area contributed by atoms with Crippen LogP contribution in [0, 0.1) is 5.82 Å². The smallest absolute Gasteiger partial charge is 0.328 e. The summed E-state index contributed by atoms with van der Waals surface area (Å²) in [5, 5.41) is 0.249. The third-order valence-corrected chi connectivity index (χ3v) is 7.51. The van der Waals surface area contributed by atoms with Crippen molar-refractivity contribution in [2.45, 2.75) is 75.2 Å². The maximum Gasteiger partial charge on any atom is 0.328 e. The highest BCUT2D eigenvalue weighted by atomic mass is 32.2. The van der Waals surface area contributed by atoms with E-state index >= 15 is 0 Å². The first-order valence-electron chi connectivity index (χ1n) is 11.5. The van der Waals surface area contributed by atoms with E-state index in [1.807, 2.05) is 18.2 Å². The van der Waals surface area contributed by atoms with Gasteiger partial charge in [0, 0.05) is 12.1 Å². The molecule has 1 atom stereocenters. The van der Waals surface area contributed by atoms with E-state index in [0.29, 0.717) is 22.1 Å². The molecule has 0 bridgehead atoms. The zero-order chi connectivity index (χ0) is 23.3. The van der Waals surface area contributed by atoms with Crippen LogP contribution in [0.5, 0.6) is 5.75 Å². The van der Waals surface area contributed by atoms with E-state index in [2.05, 4.69) is 25.5 Å². The first kappa shape index (κ1) is 22.3. The predicted octanol–water partition coefficient (Wildman–Crippen LogP) is 6.13. The molecule has 5 nitrogen and oxygen atoms in total. The van der Waals surface area contributed by atoms with Gasteiger partial charge in [-0.3, -0.25) is 4.79 Å². The minimum absolute atomic E-state index is 0.0707. The van der Waals surface area contributed by atoms with Gasteiger partial charge in [0.15, 0.2) is 11.5 Å². The van der Waals surface area contributed by atoms with E-state index in [0.717, 1.165) is 43.2 Å². The SMILES string of the molecule is CC(C)(C)c1ccc(OC2CCC2)c([S+]([O-])NC(=O)c2cc3c(F)cc(C4CC4)cc3o2)c1. The van der Waals surface area contributed by atoms with Gasteiger partial charge >= 0.3 is 5.91 Å². The van der Waals surface area contributed by atoms with E-state index in [9.17, 15) is 13.7 Å². The zero-order valence-corrected chi connectivity index (χ0v) is 19.9. The number of hydrogen-bond acceptors (Lipinski definition) is 4. The number of carbonyl (C=O) groups excluding carboxylic acids is 1. The number of rotatable bonds is 6. The number of hydrogen-bond donors (Lipinski definition) is 1. The second-order valence-corrected chi connectivity index (χ2v) is 11.3. The van der Waals surface area contributed by atoms with Gasteiger partial charge in [-0.2, -0.15) is 4.72 Å². The quantitative estimate of drug-likeness (QED) is 0.441. The third-order valence-electron chi connectivity index (χ3n) is 6.42. The fourth-order valence-electron chi connectivity index (χ4n) is 3.95. The van der Waals surface area contributed by atoms with Crippen molar-refractivity contribution in [2.24, 2.45) is 0 Å². The van der Waals surface area contributed by atoms with Crippen LogP contribution in [0.3, 0.4) is 0 Å². The molecule has 2 saturated carbocycles. The molecule has 1 heterocycles. The van der Waals surface area contributed by atoms with Crippen LogP contribution in [0.2, 0.25) is 0 Å². The number of ether oxygens (including phenoxy) is 1. The van der Waals surface area contributed by atoms with Gasteiger partial charge in [0.2, 0.25) is 4.90 Å². The first-order chi connectivity index (χ1) is 15.7. The van der Waals surface area contributed by atoms with Gasteiger partial charge in [0.05, 0.1) is 11.5 Å². The summed E-state index contributed by atoms with van der Waals surface area (Å²) in [6.07, 6.45) is 5.23. The number of furan rings is 1. The van der Waals surface area contributed by atoms with E-state index in [-0.39, 0.29) is 22.7 Å². The fraction of sp³-hybridized carbons (Fsp3) is 0.423. The molecule has 33 heavy (non-hydrogen) atoms. The van der Waals surface area contributed by atoms with Crippen LogP contribution in [0.25, 0.3) is 11.0 Å². The van der Waals surface area contributed by atoms with Crippen LogP contribution < -0.4 is 9.46 Å². The average Bonchev–Trinajstić information content (AvgIpc) is 3.48. The van der Waals surface area contributed by atoms with E-state index < -0.39 is 23.1 Å². The lowest BCUT2D eigenvalue weighted by atomic mass is 9.87. The molecule has 0 radical (unpaired) electrons. The highest BCUT2D eigenvalue weighted by Crippen LogP contribution is 2.42. The molecule has 1 aromatic heterocycles. The molecule has 2 aliphatic carbocycles. The summed E-state index contributed by atoms with van der Waals surface area (Å²) in [5.41, 5.74) is 2.05. The van der Waals surface area contributed by atoms with Crippen molar-refractivity contribution in [3.8, 4) is 5.75 Å². The Labute approximate surface area is 196 Å². The molecule has 7 heteroatoms. The Morgan fingerprint density at radius 3 is 2.55 bits per heavy atom. The lowest BCUT2D eigenvalue weighted by Gasteiger charge is -2.28. The van der Waals surface area contributed by atoms with Crippen molar-refractivity contribution in [3.05, 3.63) is 59.1 Å². The van der Waals surface area contributed by atoms with Crippen LogP contribution in [0.15, 0.2) is 45.7 Å². The molecule has 174 valence electrons. The van der Waals surface area contributed by atoms with Gasteiger partial charge in [0.25, 0.3) is 0 Å². The topological polar surface area (TPSA) is 74.5 Å². The Hall–Kier alpha value is -2.51. The van der Waals surface area contributed by atoms with Crippen molar-refractivity contribution in [2.75, 3.05) is 0 Å². The zero-order valence-electron chi connectivity index (χ0n) is 19.1. The number of amides is 1. The summed E-state index contributed by atoms with van der Waals surface area (Å²) in [6, 6.07) is 10.3. The molecule has 2 fully saturated rings. The molecule has 0 saturated heterocycles. The molecule has 1 amide bonds. The Balaban J connectivity index is 1.40. The molecule has 2 aliphatic rings. The van der Waals surface area contributed by atoms with Crippen molar-refractivity contribution < 1.29 is 22.9 Å². The van der Waals surface area contributed by atoms with Crippen LogP contribution in [0.4, 0.5) is 4.39 Å². The maximum absolute atomic E-state index is 14.5. The molecule has 2 aromatic carbocycles. The van der Waals surface area contributed by atoms with Crippen LogP contribution in [0.1, 0.15) is 80.5 Å². The lowest BCUT2D eigenvalue weighted by Crippen LogP contribution is -2.32. The second kappa shape index (κ2) is 8.37. The summed E-state index contributed by atoms with van der Waals surface area (Å²) in [7, 11) is 0. The van der Waals surface area contributed by atoms with Crippen LogP contribution in [-0.4, -0.2) is 16.6 Å². The number of benzene rings is 2. The number of nitrogens with one attached hydrogen (secondary N) is 1. The monoisotopic (exact) mass is 469 g/mol. The highest BCUT2D eigenvalue weighted by Gasteiger charge is 2.30. The molecule has 0 aliphatic heterocycles. The summed E-state index contributed by atoms with van der Waals surface area (Å²) >= 11 is -1.87. The van der Waals surface area contributed by atoms with E-state index in [4.69, 9.17) is 9.15 Å². The minimum Gasteiger partial charge on any atom is -0.588 e. The van der Waals surface area contributed by atoms with Crippen molar-refractivity contribution in [3.63, 3.8) is 0 Å². The average molecular weight is 470 g/mol. The molecule has 1 N–H and O–H groups in total. The van der Waals surface area contributed by atoms with Crippen molar-refractivity contribution in [1.29, 1.82) is 0 Å². The maximum atomic E-state index is 14.5. The normalized spacial score (nSPS) is 17.6. The summed E-state index contributed by atoms with van der Waals surface area (Å²) < 4.78 is 42.0. The number of halogens is 1. The first-order valence-corrected chi connectivity index (χ1v) is 12.6. The number of carbonyl (C=O) groups is 1. The fourth-order valence-corrected chi connectivity index (χ4v) is 4.87.